The van der Waals surface area contributed by atoms with E-state index in [1.807, 2.05) is 6.08 Å². The minimum atomic E-state index is 0.136. The fraction of sp³-hybridized carbons (Fsp3) is 0.545. The van der Waals surface area contributed by atoms with E-state index in [1.54, 1.807) is 13.2 Å². The molecule has 0 aromatic rings. The predicted octanol–water partition coefficient (Wildman–Crippen LogP) is 2.61. The molecule has 1 aliphatic rings. The maximum atomic E-state index is 11.1. The van der Waals surface area contributed by atoms with Crippen molar-refractivity contribution in [1.82, 2.24) is 0 Å². The van der Waals surface area contributed by atoms with Crippen LogP contribution in [0, 0.1) is 0 Å². The molecule has 72 valence electrons. The van der Waals surface area contributed by atoms with Gasteiger partial charge in [-0.3, -0.25) is 4.79 Å². The van der Waals surface area contributed by atoms with Gasteiger partial charge in [0.1, 0.15) is 5.76 Å². The van der Waals surface area contributed by atoms with Gasteiger partial charge in [0.15, 0.2) is 5.78 Å². The van der Waals surface area contributed by atoms with E-state index >= 15 is 0 Å². The molecule has 13 heavy (non-hydrogen) atoms. The molecule has 0 aromatic carbocycles. The van der Waals surface area contributed by atoms with E-state index in [0.717, 1.165) is 18.6 Å². The summed E-state index contributed by atoms with van der Waals surface area (Å²) in [6.07, 6.45) is 7.46. The van der Waals surface area contributed by atoms with Crippen molar-refractivity contribution in [2.75, 3.05) is 7.11 Å². The van der Waals surface area contributed by atoms with Crippen LogP contribution in [0.15, 0.2) is 23.5 Å². The Labute approximate surface area is 79.3 Å². The number of unbranched alkanes of at least 4 members (excludes halogenated alkanes) is 1. The van der Waals surface area contributed by atoms with E-state index in [4.69, 9.17) is 4.74 Å². The van der Waals surface area contributed by atoms with Crippen molar-refractivity contribution >= 4 is 5.78 Å². The number of carbonyl (C=O) groups is 1. The molecule has 0 atom stereocenters. The van der Waals surface area contributed by atoms with Gasteiger partial charge in [-0.05, 0) is 18.4 Å². The molecular weight excluding hydrogens is 164 g/mol. The highest BCUT2D eigenvalue weighted by Crippen LogP contribution is 2.22. The summed E-state index contributed by atoms with van der Waals surface area (Å²) in [6.45, 7) is 2.16. The minimum Gasteiger partial charge on any atom is -0.496 e. The van der Waals surface area contributed by atoms with Crippen molar-refractivity contribution in [3.63, 3.8) is 0 Å². The molecule has 0 amide bonds. The van der Waals surface area contributed by atoms with Crippen molar-refractivity contribution < 1.29 is 9.53 Å². The first kappa shape index (κ1) is 10.0. The summed E-state index contributed by atoms with van der Waals surface area (Å²) < 4.78 is 5.14. The topological polar surface area (TPSA) is 26.3 Å². The second-order valence-electron chi connectivity index (χ2n) is 3.22. The molecule has 0 N–H and O–H groups in total. The fourth-order valence-electron chi connectivity index (χ4n) is 1.40. The molecule has 1 aliphatic carbocycles. The average Bonchev–Trinajstić information content (AvgIpc) is 2.16. The second kappa shape index (κ2) is 4.85. The Hall–Kier alpha value is -1.05. The monoisotopic (exact) mass is 180 g/mol. The highest BCUT2D eigenvalue weighted by atomic mass is 16.5. The number of ether oxygens (including phenoxy) is 1. The summed E-state index contributed by atoms with van der Waals surface area (Å²) in [5.74, 6) is 0.891. The molecule has 0 unspecified atom stereocenters. The third kappa shape index (κ3) is 2.72. The molecule has 1 rings (SSSR count). The van der Waals surface area contributed by atoms with Crippen molar-refractivity contribution in [3.8, 4) is 0 Å². The van der Waals surface area contributed by atoms with E-state index in [1.165, 1.54) is 12.0 Å². The van der Waals surface area contributed by atoms with Gasteiger partial charge in [-0.1, -0.05) is 19.4 Å². The van der Waals surface area contributed by atoms with E-state index in [-0.39, 0.29) is 5.78 Å². The van der Waals surface area contributed by atoms with E-state index in [0.29, 0.717) is 6.42 Å². The van der Waals surface area contributed by atoms with Crippen LogP contribution in [-0.4, -0.2) is 12.9 Å². The van der Waals surface area contributed by atoms with Crippen LogP contribution in [0.2, 0.25) is 0 Å². The molecular formula is C11H16O2. The smallest absolute Gasteiger partial charge is 0.163 e. The number of carbonyl (C=O) groups excluding carboxylic acids is 1. The Kier molecular flexibility index (Phi) is 3.74. The molecule has 0 saturated heterocycles. The minimum absolute atomic E-state index is 0.136. The van der Waals surface area contributed by atoms with Crippen LogP contribution in [-0.2, 0) is 9.53 Å². The van der Waals surface area contributed by atoms with Crippen LogP contribution in [0.25, 0.3) is 0 Å². The van der Waals surface area contributed by atoms with Gasteiger partial charge in [-0.2, -0.15) is 0 Å². The van der Waals surface area contributed by atoms with Crippen molar-refractivity contribution in [3.05, 3.63) is 23.5 Å². The summed E-state index contributed by atoms with van der Waals surface area (Å²) in [7, 11) is 1.62. The number of rotatable bonds is 4. The normalized spacial score (nSPS) is 16.6. The highest BCUT2D eigenvalue weighted by Gasteiger charge is 2.12. The Morgan fingerprint density at radius 2 is 2.31 bits per heavy atom. The van der Waals surface area contributed by atoms with Crippen molar-refractivity contribution in [2.45, 2.75) is 32.6 Å². The summed E-state index contributed by atoms with van der Waals surface area (Å²) in [5, 5.41) is 0. The highest BCUT2D eigenvalue weighted by molar-refractivity contribution is 5.93. The van der Waals surface area contributed by atoms with Gasteiger partial charge in [-0.25, -0.2) is 0 Å². The molecule has 0 fully saturated rings. The Morgan fingerprint density at radius 3 is 2.92 bits per heavy atom. The zero-order chi connectivity index (χ0) is 9.68. The first-order valence-electron chi connectivity index (χ1n) is 4.75. The quantitative estimate of drug-likeness (QED) is 0.664. The van der Waals surface area contributed by atoms with Crippen molar-refractivity contribution in [2.24, 2.45) is 0 Å². The molecule has 0 heterocycles. The number of allylic oxidation sites excluding steroid dienone is 3. The third-order valence-electron chi connectivity index (χ3n) is 2.18. The summed E-state index contributed by atoms with van der Waals surface area (Å²) in [5.41, 5.74) is 1.18. The zero-order valence-corrected chi connectivity index (χ0v) is 8.30. The number of methoxy groups -OCH3 is 1. The summed E-state index contributed by atoms with van der Waals surface area (Å²) in [6, 6.07) is 0. The summed E-state index contributed by atoms with van der Waals surface area (Å²) >= 11 is 0. The number of hydrogen-bond acceptors (Lipinski definition) is 2. The van der Waals surface area contributed by atoms with Crippen LogP contribution in [0.4, 0.5) is 0 Å². The lowest BCUT2D eigenvalue weighted by Crippen LogP contribution is -2.04. The third-order valence-corrected chi connectivity index (χ3v) is 2.18. The Bertz CT molecular complexity index is 249. The largest absolute Gasteiger partial charge is 0.496 e. The van der Waals surface area contributed by atoms with Crippen LogP contribution in [0.3, 0.4) is 0 Å². The number of ketones is 1. The van der Waals surface area contributed by atoms with E-state index < -0.39 is 0 Å². The maximum Gasteiger partial charge on any atom is 0.163 e. The van der Waals surface area contributed by atoms with Gasteiger partial charge >= 0.3 is 0 Å². The molecule has 0 bridgehead atoms. The molecule has 2 nitrogen and oxygen atoms in total. The van der Waals surface area contributed by atoms with E-state index in [2.05, 4.69) is 6.92 Å². The SMILES string of the molecule is CCCCC1=CCC(=O)C=C1OC. The lowest BCUT2D eigenvalue weighted by Gasteiger charge is -2.13. The zero-order valence-electron chi connectivity index (χ0n) is 8.30. The van der Waals surface area contributed by atoms with Gasteiger partial charge in [-0.15, -0.1) is 0 Å². The molecule has 0 radical (unpaired) electrons. The van der Waals surface area contributed by atoms with Gasteiger partial charge in [0, 0.05) is 12.5 Å². The fourth-order valence-corrected chi connectivity index (χ4v) is 1.40. The predicted molar refractivity (Wildman–Crippen MR) is 52.3 cm³/mol. The van der Waals surface area contributed by atoms with Gasteiger partial charge in [0.25, 0.3) is 0 Å². The summed E-state index contributed by atoms with van der Waals surface area (Å²) in [4.78, 5) is 11.1. The van der Waals surface area contributed by atoms with E-state index in [9.17, 15) is 4.79 Å². The second-order valence-corrected chi connectivity index (χ2v) is 3.22. The first-order valence-corrected chi connectivity index (χ1v) is 4.75. The van der Waals surface area contributed by atoms with Crippen molar-refractivity contribution in [1.29, 1.82) is 0 Å². The average molecular weight is 180 g/mol. The standard InChI is InChI=1S/C11H16O2/c1-3-4-5-9-6-7-10(12)8-11(9)13-2/h6,8H,3-5,7H2,1-2H3. The molecule has 0 spiro atoms. The first-order chi connectivity index (χ1) is 6.27. The maximum absolute atomic E-state index is 11.1. The van der Waals surface area contributed by atoms with Crippen LogP contribution >= 0.6 is 0 Å². The Balaban J connectivity index is 2.62. The van der Waals surface area contributed by atoms with Gasteiger partial charge < -0.3 is 4.74 Å². The van der Waals surface area contributed by atoms with Crippen LogP contribution in [0.1, 0.15) is 32.6 Å². The van der Waals surface area contributed by atoms with Crippen LogP contribution in [0.5, 0.6) is 0 Å². The Morgan fingerprint density at radius 1 is 1.54 bits per heavy atom. The van der Waals surface area contributed by atoms with Gasteiger partial charge in [0.2, 0.25) is 0 Å². The number of hydrogen-bond donors (Lipinski definition) is 0. The molecule has 2 heteroatoms. The molecule has 0 saturated carbocycles. The molecule has 0 aliphatic heterocycles. The van der Waals surface area contributed by atoms with Crippen LogP contribution < -0.4 is 0 Å². The lowest BCUT2D eigenvalue weighted by atomic mass is 9.99. The molecule has 0 aromatic heterocycles. The van der Waals surface area contributed by atoms with Gasteiger partial charge in [0.05, 0.1) is 7.11 Å². The lowest BCUT2D eigenvalue weighted by molar-refractivity contribution is -0.114.